The summed E-state index contributed by atoms with van der Waals surface area (Å²) in [5, 5.41) is 7.73. The Morgan fingerprint density at radius 3 is 2.84 bits per heavy atom. The number of rotatable bonds is 6. The highest BCUT2D eigenvalue weighted by molar-refractivity contribution is 7.07. The number of thiophene rings is 1. The van der Waals surface area contributed by atoms with E-state index >= 15 is 0 Å². The topological polar surface area (TPSA) is 32.3 Å². The van der Waals surface area contributed by atoms with Gasteiger partial charge in [0, 0.05) is 6.54 Å². The van der Waals surface area contributed by atoms with Crippen LogP contribution in [0.4, 0.5) is 0 Å². The molecule has 1 saturated heterocycles. The van der Waals surface area contributed by atoms with Crippen molar-refractivity contribution >= 4 is 17.2 Å². The van der Waals surface area contributed by atoms with E-state index in [4.69, 9.17) is 0 Å². The molecule has 1 fully saturated rings. The highest BCUT2D eigenvalue weighted by Crippen LogP contribution is 2.29. The molecule has 2 rings (SSSR count). The summed E-state index contributed by atoms with van der Waals surface area (Å²) in [6.07, 6.45) is 3.15. The van der Waals surface area contributed by atoms with Crippen molar-refractivity contribution < 1.29 is 4.79 Å². The summed E-state index contributed by atoms with van der Waals surface area (Å²) in [5.74, 6) is 0.825. The summed E-state index contributed by atoms with van der Waals surface area (Å²) in [7, 11) is 0. The number of hydrogen-bond donors (Lipinski definition) is 1. The fourth-order valence-corrected chi connectivity index (χ4v) is 3.22. The van der Waals surface area contributed by atoms with Gasteiger partial charge in [0.2, 0.25) is 5.91 Å². The first-order valence-electron chi connectivity index (χ1n) is 7.26. The van der Waals surface area contributed by atoms with Crippen molar-refractivity contribution in [2.24, 2.45) is 5.92 Å². The van der Waals surface area contributed by atoms with E-state index < -0.39 is 0 Å². The van der Waals surface area contributed by atoms with Gasteiger partial charge in [0.15, 0.2) is 0 Å². The van der Waals surface area contributed by atoms with Crippen molar-refractivity contribution in [1.29, 1.82) is 0 Å². The first kappa shape index (κ1) is 14.5. The van der Waals surface area contributed by atoms with Crippen LogP contribution in [0.3, 0.4) is 0 Å². The highest BCUT2D eigenvalue weighted by Gasteiger charge is 2.39. The number of nitrogens with zero attached hydrogens (tertiary/aromatic N) is 1. The van der Waals surface area contributed by atoms with Gasteiger partial charge in [-0.25, -0.2) is 0 Å². The molecule has 1 aliphatic rings. The number of carbonyl (C=O) groups excluding carboxylic acids is 1. The zero-order valence-corrected chi connectivity index (χ0v) is 12.9. The average molecular weight is 280 g/mol. The number of nitrogens with one attached hydrogen (secondary N) is 1. The van der Waals surface area contributed by atoms with Gasteiger partial charge >= 0.3 is 0 Å². The molecule has 2 heterocycles. The Labute approximate surface area is 120 Å². The van der Waals surface area contributed by atoms with E-state index in [1.54, 1.807) is 11.3 Å². The van der Waals surface area contributed by atoms with Gasteiger partial charge in [0.1, 0.15) is 6.17 Å². The van der Waals surface area contributed by atoms with E-state index in [1.165, 1.54) is 5.56 Å². The molecule has 1 amide bonds. The molecule has 0 aliphatic carbocycles. The van der Waals surface area contributed by atoms with Crippen LogP contribution < -0.4 is 5.32 Å². The van der Waals surface area contributed by atoms with Gasteiger partial charge in [-0.1, -0.05) is 33.6 Å². The van der Waals surface area contributed by atoms with E-state index in [0.717, 1.165) is 25.8 Å². The molecular formula is C15H24N2OS. The van der Waals surface area contributed by atoms with Crippen molar-refractivity contribution in [2.45, 2.75) is 52.2 Å². The van der Waals surface area contributed by atoms with Crippen LogP contribution in [-0.4, -0.2) is 23.4 Å². The second-order valence-corrected chi connectivity index (χ2v) is 6.25. The van der Waals surface area contributed by atoms with Gasteiger partial charge in [-0.2, -0.15) is 11.3 Å². The fraction of sp³-hybridized carbons (Fsp3) is 0.667. The van der Waals surface area contributed by atoms with Crippen LogP contribution in [0.1, 0.15) is 51.8 Å². The van der Waals surface area contributed by atoms with Gasteiger partial charge < -0.3 is 4.90 Å². The summed E-state index contributed by atoms with van der Waals surface area (Å²) in [4.78, 5) is 14.6. The minimum Gasteiger partial charge on any atom is -0.321 e. The van der Waals surface area contributed by atoms with Crippen molar-refractivity contribution in [3.8, 4) is 0 Å². The molecule has 0 bridgehead atoms. The third-order valence-electron chi connectivity index (χ3n) is 3.89. The largest absolute Gasteiger partial charge is 0.321 e. The highest BCUT2D eigenvalue weighted by atomic mass is 32.1. The summed E-state index contributed by atoms with van der Waals surface area (Å²) in [6.45, 7) is 7.38. The second kappa shape index (κ2) is 6.53. The Kier molecular flexibility index (Phi) is 4.99. The Bertz CT molecular complexity index is 404. The minimum absolute atomic E-state index is 0.000967. The molecule has 3 unspecified atom stereocenters. The molecule has 3 nitrogen and oxygen atoms in total. The summed E-state index contributed by atoms with van der Waals surface area (Å²) in [5.41, 5.74) is 1.22. The molecule has 0 saturated carbocycles. The predicted octanol–water partition coefficient (Wildman–Crippen LogP) is 3.39. The standard InChI is InChI=1S/C15H24N2OS/c1-4-6-13-15(18)17(9-11(3)5-2)14(16-13)12-7-8-19-10-12/h7-8,10-11,13-14,16H,4-6,9H2,1-3H3. The molecule has 19 heavy (non-hydrogen) atoms. The van der Waals surface area contributed by atoms with Crippen molar-refractivity contribution in [3.05, 3.63) is 22.4 Å². The Balaban J connectivity index is 2.16. The van der Waals surface area contributed by atoms with E-state index in [2.05, 4.69) is 42.9 Å². The molecular weight excluding hydrogens is 256 g/mol. The zero-order valence-electron chi connectivity index (χ0n) is 12.1. The molecule has 4 heteroatoms. The molecule has 1 aromatic heterocycles. The lowest BCUT2D eigenvalue weighted by molar-refractivity contribution is -0.130. The van der Waals surface area contributed by atoms with Gasteiger partial charge in [0.05, 0.1) is 6.04 Å². The van der Waals surface area contributed by atoms with Crippen LogP contribution in [0, 0.1) is 5.92 Å². The van der Waals surface area contributed by atoms with Gasteiger partial charge in [-0.05, 0) is 34.7 Å². The molecule has 0 spiro atoms. The van der Waals surface area contributed by atoms with Crippen LogP contribution in [0.5, 0.6) is 0 Å². The minimum atomic E-state index is -0.000967. The second-order valence-electron chi connectivity index (χ2n) is 5.47. The van der Waals surface area contributed by atoms with Crippen LogP contribution in [0.25, 0.3) is 0 Å². The first-order chi connectivity index (χ1) is 9.17. The lowest BCUT2D eigenvalue weighted by Gasteiger charge is -2.26. The third-order valence-corrected chi connectivity index (χ3v) is 4.59. The molecule has 1 aromatic rings. The number of hydrogen-bond acceptors (Lipinski definition) is 3. The smallest absolute Gasteiger partial charge is 0.241 e. The third kappa shape index (κ3) is 3.18. The van der Waals surface area contributed by atoms with Crippen molar-refractivity contribution in [3.63, 3.8) is 0 Å². The number of carbonyl (C=O) groups is 1. The molecule has 106 valence electrons. The maximum atomic E-state index is 12.5. The van der Waals surface area contributed by atoms with E-state index in [1.807, 2.05) is 4.90 Å². The van der Waals surface area contributed by atoms with E-state index in [0.29, 0.717) is 5.92 Å². The maximum Gasteiger partial charge on any atom is 0.241 e. The van der Waals surface area contributed by atoms with Gasteiger partial charge in [0.25, 0.3) is 0 Å². The maximum absolute atomic E-state index is 12.5. The Morgan fingerprint density at radius 1 is 1.47 bits per heavy atom. The lowest BCUT2D eigenvalue weighted by Crippen LogP contribution is -2.34. The number of amides is 1. The van der Waals surface area contributed by atoms with Crippen LogP contribution in [0.2, 0.25) is 0 Å². The van der Waals surface area contributed by atoms with Crippen LogP contribution in [0.15, 0.2) is 16.8 Å². The summed E-state index contributed by atoms with van der Waals surface area (Å²) in [6, 6.07) is 2.12. The summed E-state index contributed by atoms with van der Waals surface area (Å²) >= 11 is 1.69. The fourth-order valence-electron chi connectivity index (χ4n) is 2.54. The molecule has 1 aliphatic heterocycles. The Hall–Kier alpha value is -0.870. The summed E-state index contributed by atoms with van der Waals surface area (Å²) < 4.78 is 0. The zero-order chi connectivity index (χ0) is 13.8. The normalized spacial score (nSPS) is 25.0. The molecule has 3 atom stereocenters. The monoisotopic (exact) mass is 280 g/mol. The molecule has 0 aromatic carbocycles. The first-order valence-corrected chi connectivity index (χ1v) is 8.20. The van der Waals surface area contributed by atoms with Crippen LogP contribution >= 0.6 is 11.3 Å². The Morgan fingerprint density at radius 2 is 2.26 bits per heavy atom. The van der Waals surface area contributed by atoms with Crippen LogP contribution in [-0.2, 0) is 4.79 Å². The lowest BCUT2D eigenvalue weighted by atomic mass is 10.1. The van der Waals surface area contributed by atoms with Crippen molar-refractivity contribution in [1.82, 2.24) is 10.2 Å². The SMILES string of the molecule is CCCC1NC(c2ccsc2)N(CC(C)CC)C1=O. The van der Waals surface area contributed by atoms with Crippen molar-refractivity contribution in [2.75, 3.05) is 6.54 Å². The quantitative estimate of drug-likeness (QED) is 0.866. The molecule has 0 radical (unpaired) electrons. The van der Waals surface area contributed by atoms with Gasteiger partial charge in [-0.15, -0.1) is 0 Å². The van der Waals surface area contributed by atoms with Gasteiger partial charge in [-0.3, -0.25) is 10.1 Å². The van der Waals surface area contributed by atoms with E-state index in [9.17, 15) is 4.79 Å². The average Bonchev–Trinajstić information content (AvgIpc) is 3.02. The predicted molar refractivity (Wildman–Crippen MR) is 80.1 cm³/mol. The van der Waals surface area contributed by atoms with E-state index in [-0.39, 0.29) is 18.1 Å². The molecule has 1 N–H and O–H groups in total.